The fraction of sp³-hybridized carbons (Fsp3) is 1.00. The number of nitrogens with zero attached hydrogens (tertiary/aromatic N) is 3. The quantitative estimate of drug-likeness (QED) is 0.641. The summed E-state index contributed by atoms with van der Waals surface area (Å²) in [6.07, 6.45) is 1.30. The summed E-state index contributed by atoms with van der Waals surface area (Å²) in [5.74, 6) is 0. The molecule has 0 atom stereocenters. The molecule has 0 aromatic carbocycles. The van der Waals surface area contributed by atoms with E-state index >= 15 is 0 Å². The molecule has 1 saturated heterocycles. The van der Waals surface area contributed by atoms with Gasteiger partial charge < -0.3 is 14.7 Å². The summed E-state index contributed by atoms with van der Waals surface area (Å²) >= 11 is 0. The van der Waals surface area contributed by atoms with Gasteiger partial charge in [0.05, 0.1) is 0 Å². The Balaban J connectivity index is 2.04. The number of piperazine rings is 1. The Hall–Kier alpha value is -0.120. The number of likely N-dealkylation sites (N-methyl/N-ethyl adjacent to an activating group) is 1. The molecule has 0 aliphatic carbocycles. The molecule has 0 unspecified atom stereocenters. The molecule has 84 valence electrons. The van der Waals surface area contributed by atoms with E-state index in [1.54, 1.807) is 0 Å². The zero-order valence-corrected chi connectivity index (χ0v) is 10.00. The van der Waals surface area contributed by atoms with Gasteiger partial charge in [0.2, 0.25) is 0 Å². The van der Waals surface area contributed by atoms with Gasteiger partial charge in [-0.15, -0.1) is 0 Å². The number of hydrogen-bond acceptors (Lipinski definition) is 3. The minimum atomic E-state index is 1.21. The van der Waals surface area contributed by atoms with Gasteiger partial charge in [0.15, 0.2) is 0 Å². The third-order valence-electron chi connectivity index (χ3n) is 2.99. The standard InChI is InChI=1S/C11H25N3/c1-4-13-8-10-14(11-9-13)7-5-6-12(2)3/h4-11H2,1-3H3. The molecular weight excluding hydrogens is 174 g/mol. The van der Waals surface area contributed by atoms with Gasteiger partial charge in [-0.2, -0.15) is 0 Å². The van der Waals surface area contributed by atoms with Crippen LogP contribution in [-0.2, 0) is 0 Å². The molecule has 1 fully saturated rings. The molecule has 0 aromatic heterocycles. The summed E-state index contributed by atoms with van der Waals surface area (Å²) < 4.78 is 0. The van der Waals surface area contributed by atoms with Crippen LogP contribution in [0.1, 0.15) is 13.3 Å². The normalized spacial score (nSPS) is 20.6. The van der Waals surface area contributed by atoms with Crippen LogP contribution in [0.4, 0.5) is 0 Å². The smallest absolute Gasteiger partial charge is 0.0110 e. The Bertz CT molecular complexity index is 139. The highest BCUT2D eigenvalue weighted by atomic mass is 15.3. The molecule has 1 rings (SSSR count). The van der Waals surface area contributed by atoms with Crippen molar-refractivity contribution in [2.75, 3.05) is 59.9 Å². The van der Waals surface area contributed by atoms with Crippen LogP contribution in [0, 0.1) is 0 Å². The molecule has 1 heterocycles. The van der Waals surface area contributed by atoms with Gasteiger partial charge in [0.1, 0.15) is 0 Å². The van der Waals surface area contributed by atoms with E-state index in [1.807, 2.05) is 0 Å². The van der Waals surface area contributed by atoms with Gasteiger partial charge in [-0.05, 0) is 40.2 Å². The molecule has 0 radical (unpaired) electrons. The van der Waals surface area contributed by atoms with Crippen LogP contribution in [0.3, 0.4) is 0 Å². The van der Waals surface area contributed by atoms with Crippen molar-refractivity contribution in [2.45, 2.75) is 13.3 Å². The van der Waals surface area contributed by atoms with Crippen LogP contribution in [0.2, 0.25) is 0 Å². The molecule has 0 bridgehead atoms. The Morgan fingerprint density at radius 3 is 2.07 bits per heavy atom. The maximum Gasteiger partial charge on any atom is 0.0110 e. The summed E-state index contributed by atoms with van der Waals surface area (Å²) in [6.45, 7) is 11.0. The lowest BCUT2D eigenvalue weighted by Gasteiger charge is -2.34. The van der Waals surface area contributed by atoms with E-state index in [1.165, 1.54) is 52.2 Å². The van der Waals surface area contributed by atoms with Crippen molar-refractivity contribution in [1.82, 2.24) is 14.7 Å². The maximum absolute atomic E-state index is 2.59. The van der Waals surface area contributed by atoms with Crippen LogP contribution in [0.15, 0.2) is 0 Å². The lowest BCUT2D eigenvalue weighted by molar-refractivity contribution is 0.133. The van der Waals surface area contributed by atoms with Crippen molar-refractivity contribution < 1.29 is 0 Å². The van der Waals surface area contributed by atoms with Crippen molar-refractivity contribution >= 4 is 0 Å². The van der Waals surface area contributed by atoms with Crippen molar-refractivity contribution in [1.29, 1.82) is 0 Å². The molecule has 1 aliphatic rings. The molecule has 1 aliphatic heterocycles. The highest BCUT2D eigenvalue weighted by Crippen LogP contribution is 2.01. The first kappa shape index (κ1) is 12.0. The van der Waals surface area contributed by atoms with E-state index < -0.39 is 0 Å². The summed E-state index contributed by atoms with van der Waals surface area (Å²) in [5.41, 5.74) is 0. The molecule has 3 heteroatoms. The summed E-state index contributed by atoms with van der Waals surface area (Å²) in [4.78, 5) is 7.39. The zero-order valence-electron chi connectivity index (χ0n) is 10.00. The summed E-state index contributed by atoms with van der Waals surface area (Å²) in [7, 11) is 4.30. The second kappa shape index (κ2) is 6.38. The highest BCUT2D eigenvalue weighted by Gasteiger charge is 2.14. The predicted molar refractivity (Wildman–Crippen MR) is 61.7 cm³/mol. The Morgan fingerprint density at radius 2 is 1.57 bits per heavy atom. The van der Waals surface area contributed by atoms with Gasteiger partial charge in [-0.1, -0.05) is 6.92 Å². The largest absolute Gasteiger partial charge is 0.309 e. The van der Waals surface area contributed by atoms with Crippen molar-refractivity contribution in [3.8, 4) is 0 Å². The predicted octanol–water partition coefficient (Wildman–Crippen LogP) is 0.576. The van der Waals surface area contributed by atoms with Gasteiger partial charge in [0, 0.05) is 26.2 Å². The van der Waals surface area contributed by atoms with Gasteiger partial charge in [-0.25, -0.2) is 0 Å². The van der Waals surface area contributed by atoms with Gasteiger partial charge in [-0.3, -0.25) is 0 Å². The second-order valence-corrected chi connectivity index (χ2v) is 4.43. The van der Waals surface area contributed by atoms with E-state index in [4.69, 9.17) is 0 Å². The molecule has 0 spiro atoms. The molecule has 0 saturated carbocycles. The second-order valence-electron chi connectivity index (χ2n) is 4.43. The monoisotopic (exact) mass is 199 g/mol. The molecular formula is C11H25N3. The van der Waals surface area contributed by atoms with Crippen LogP contribution in [-0.4, -0.2) is 74.6 Å². The minimum absolute atomic E-state index is 1.21. The maximum atomic E-state index is 2.59. The third kappa shape index (κ3) is 4.40. The number of hydrogen-bond donors (Lipinski definition) is 0. The Labute approximate surface area is 88.7 Å². The lowest BCUT2D eigenvalue weighted by Crippen LogP contribution is -2.46. The van der Waals surface area contributed by atoms with Crippen LogP contribution >= 0.6 is 0 Å². The van der Waals surface area contributed by atoms with Crippen LogP contribution < -0.4 is 0 Å². The fourth-order valence-corrected chi connectivity index (χ4v) is 1.94. The first-order chi connectivity index (χ1) is 6.72. The molecule has 14 heavy (non-hydrogen) atoms. The number of rotatable bonds is 5. The van der Waals surface area contributed by atoms with E-state index in [0.29, 0.717) is 0 Å². The third-order valence-corrected chi connectivity index (χ3v) is 2.99. The van der Waals surface area contributed by atoms with E-state index in [2.05, 4.69) is 35.7 Å². The molecule has 0 amide bonds. The average Bonchev–Trinajstić information content (AvgIpc) is 2.18. The average molecular weight is 199 g/mol. The van der Waals surface area contributed by atoms with Gasteiger partial charge >= 0.3 is 0 Å². The first-order valence-corrected chi connectivity index (χ1v) is 5.82. The van der Waals surface area contributed by atoms with E-state index in [9.17, 15) is 0 Å². The summed E-state index contributed by atoms with van der Waals surface area (Å²) in [6, 6.07) is 0. The van der Waals surface area contributed by atoms with Crippen LogP contribution in [0.25, 0.3) is 0 Å². The summed E-state index contributed by atoms with van der Waals surface area (Å²) in [5, 5.41) is 0. The zero-order chi connectivity index (χ0) is 10.4. The van der Waals surface area contributed by atoms with Crippen molar-refractivity contribution in [2.24, 2.45) is 0 Å². The Kier molecular flexibility index (Phi) is 5.45. The van der Waals surface area contributed by atoms with Crippen molar-refractivity contribution in [3.63, 3.8) is 0 Å². The fourth-order valence-electron chi connectivity index (χ4n) is 1.94. The van der Waals surface area contributed by atoms with Crippen LogP contribution in [0.5, 0.6) is 0 Å². The lowest BCUT2D eigenvalue weighted by atomic mass is 10.3. The molecule has 0 aromatic rings. The topological polar surface area (TPSA) is 9.72 Å². The van der Waals surface area contributed by atoms with E-state index in [-0.39, 0.29) is 0 Å². The molecule has 3 nitrogen and oxygen atoms in total. The van der Waals surface area contributed by atoms with Gasteiger partial charge in [0.25, 0.3) is 0 Å². The highest BCUT2D eigenvalue weighted by molar-refractivity contribution is 4.70. The Morgan fingerprint density at radius 1 is 1.00 bits per heavy atom. The van der Waals surface area contributed by atoms with E-state index in [0.717, 1.165) is 0 Å². The first-order valence-electron chi connectivity index (χ1n) is 5.82. The SMILES string of the molecule is CCN1CCN(CCCN(C)C)CC1. The minimum Gasteiger partial charge on any atom is -0.309 e. The molecule has 0 N–H and O–H groups in total. The van der Waals surface area contributed by atoms with Crippen molar-refractivity contribution in [3.05, 3.63) is 0 Å².